The molecule has 3 rings (SSSR count). The fourth-order valence-electron chi connectivity index (χ4n) is 3.14. The standard InChI is InChI=1S/C19H23NO/c1-13-9-14(12-20-4)5-7-17(13)15-6-8-18-16(10-15)11-19(2,3)21-18/h5-10,20H,11-12H2,1-4H3. The van der Waals surface area contributed by atoms with E-state index in [1.165, 1.54) is 27.8 Å². The SMILES string of the molecule is CNCc1ccc(-c2ccc3c(c2)CC(C)(C)O3)c(C)c1. The summed E-state index contributed by atoms with van der Waals surface area (Å²) in [7, 11) is 1.98. The largest absolute Gasteiger partial charge is 0.487 e. The highest BCUT2D eigenvalue weighted by atomic mass is 16.5. The fraction of sp³-hybridized carbons (Fsp3) is 0.368. The first-order valence-corrected chi connectivity index (χ1v) is 7.55. The van der Waals surface area contributed by atoms with Crippen molar-refractivity contribution >= 4 is 0 Å². The van der Waals surface area contributed by atoms with Crippen molar-refractivity contribution in [3.63, 3.8) is 0 Å². The monoisotopic (exact) mass is 281 g/mol. The molecule has 0 aromatic heterocycles. The predicted molar refractivity (Wildman–Crippen MR) is 87.8 cm³/mol. The molecule has 0 saturated carbocycles. The molecule has 1 N–H and O–H groups in total. The van der Waals surface area contributed by atoms with Gasteiger partial charge in [0, 0.05) is 13.0 Å². The van der Waals surface area contributed by atoms with Crippen LogP contribution in [0.15, 0.2) is 36.4 Å². The first-order chi connectivity index (χ1) is 9.98. The summed E-state index contributed by atoms with van der Waals surface area (Å²) in [6.45, 7) is 7.38. The maximum Gasteiger partial charge on any atom is 0.123 e. The Bertz CT molecular complexity index is 673. The van der Waals surface area contributed by atoms with E-state index in [4.69, 9.17) is 4.74 Å². The number of nitrogens with one attached hydrogen (secondary N) is 1. The normalized spacial score (nSPS) is 15.6. The number of aryl methyl sites for hydroxylation is 1. The molecule has 0 fully saturated rings. The second kappa shape index (κ2) is 5.19. The Balaban J connectivity index is 1.96. The van der Waals surface area contributed by atoms with Gasteiger partial charge in [-0.05, 0) is 67.8 Å². The van der Waals surface area contributed by atoms with E-state index in [1.54, 1.807) is 0 Å². The lowest BCUT2D eigenvalue weighted by molar-refractivity contribution is 0.138. The molecule has 0 radical (unpaired) electrons. The number of benzene rings is 2. The number of fused-ring (bicyclic) bond motifs is 1. The molecular weight excluding hydrogens is 258 g/mol. The van der Waals surface area contributed by atoms with Crippen LogP contribution in [0.2, 0.25) is 0 Å². The van der Waals surface area contributed by atoms with Crippen LogP contribution in [0.25, 0.3) is 11.1 Å². The fourth-order valence-corrected chi connectivity index (χ4v) is 3.14. The van der Waals surface area contributed by atoms with Crippen molar-refractivity contribution < 1.29 is 4.74 Å². The summed E-state index contributed by atoms with van der Waals surface area (Å²) in [6.07, 6.45) is 0.979. The number of hydrogen-bond acceptors (Lipinski definition) is 2. The summed E-state index contributed by atoms with van der Waals surface area (Å²) >= 11 is 0. The lowest BCUT2D eigenvalue weighted by Gasteiger charge is -2.16. The first kappa shape index (κ1) is 14.2. The summed E-state index contributed by atoms with van der Waals surface area (Å²) in [4.78, 5) is 0. The van der Waals surface area contributed by atoms with Crippen LogP contribution < -0.4 is 10.1 Å². The first-order valence-electron chi connectivity index (χ1n) is 7.55. The van der Waals surface area contributed by atoms with E-state index in [0.717, 1.165) is 18.7 Å². The average Bonchev–Trinajstić information content (AvgIpc) is 2.72. The van der Waals surface area contributed by atoms with Gasteiger partial charge in [0.1, 0.15) is 11.4 Å². The third-order valence-electron chi connectivity index (χ3n) is 4.05. The molecule has 1 aliphatic rings. The molecule has 0 unspecified atom stereocenters. The molecule has 0 bridgehead atoms. The smallest absolute Gasteiger partial charge is 0.123 e. The van der Waals surface area contributed by atoms with E-state index in [9.17, 15) is 0 Å². The maximum atomic E-state index is 5.96. The van der Waals surface area contributed by atoms with E-state index in [2.05, 4.69) is 62.5 Å². The van der Waals surface area contributed by atoms with Crippen LogP contribution in [0.1, 0.15) is 30.5 Å². The Morgan fingerprint density at radius 1 is 1.14 bits per heavy atom. The average molecular weight is 281 g/mol. The summed E-state index contributed by atoms with van der Waals surface area (Å²) in [5, 5.41) is 3.20. The van der Waals surface area contributed by atoms with Crippen molar-refractivity contribution in [3.8, 4) is 16.9 Å². The summed E-state index contributed by atoms with van der Waals surface area (Å²) in [5.74, 6) is 1.04. The molecule has 110 valence electrons. The second-order valence-corrected chi connectivity index (χ2v) is 6.54. The highest BCUT2D eigenvalue weighted by Crippen LogP contribution is 2.37. The molecular formula is C19H23NO. The lowest BCUT2D eigenvalue weighted by Crippen LogP contribution is -2.24. The van der Waals surface area contributed by atoms with Crippen LogP contribution in [-0.4, -0.2) is 12.6 Å². The molecule has 0 spiro atoms. The van der Waals surface area contributed by atoms with Crippen LogP contribution in [0.3, 0.4) is 0 Å². The minimum atomic E-state index is -0.0767. The molecule has 0 saturated heterocycles. The van der Waals surface area contributed by atoms with Crippen LogP contribution >= 0.6 is 0 Å². The predicted octanol–water partition coefficient (Wildman–Crippen LogP) is 4.09. The molecule has 0 atom stereocenters. The minimum absolute atomic E-state index is 0.0767. The van der Waals surface area contributed by atoms with Gasteiger partial charge in [-0.3, -0.25) is 0 Å². The van der Waals surface area contributed by atoms with Gasteiger partial charge >= 0.3 is 0 Å². The summed E-state index contributed by atoms with van der Waals surface area (Å²) in [5.41, 5.74) is 6.47. The Kier molecular flexibility index (Phi) is 3.50. The third-order valence-corrected chi connectivity index (χ3v) is 4.05. The van der Waals surface area contributed by atoms with Crippen molar-refractivity contribution in [2.24, 2.45) is 0 Å². The zero-order valence-corrected chi connectivity index (χ0v) is 13.3. The van der Waals surface area contributed by atoms with Gasteiger partial charge in [-0.15, -0.1) is 0 Å². The van der Waals surface area contributed by atoms with Gasteiger partial charge in [0.05, 0.1) is 0 Å². The zero-order valence-electron chi connectivity index (χ0n) is 13.3. The Labute approximate surface area is 127 Å². The number of ether oxygens (including phenoxy) is 1. The molecule has 2 aromatic rings. The molecule has 2 aromatic carbocycles. The van der Waals surface area contributed by atoms with Crippen LogP contribution in [0, 0.1) is 6.92 Å². The van der Waals surface area contributed by atoms with E-state index < -0.39 is 0 Å². The van der Waals surface area contributed by atoms with E-state index in [0.29, 0.717) is 0 Å². The second-order valence-electron chi connectivity index (χ2n) is 6.54. The summed E-state index contributed by atoms with van der Waals surface area (Å²) < 4.78 is 5.96. The van der Waals surface area contributed by atoms with Crippen molar-refractivity contribution in [2.45, 2.75) is 39.3 Å². The van der Waals surface area contributed by atoms with Crippen molar-refractivity contribution in [3.05, 3.63) is 53.1 Å². The van der Waals surface area contributed by atoms with Crippen LogP contribution in [0.5, 0.6) is 5.75 Å². The molecule has 0 aliphatic carbocycles. The number of rotatable bonds is 3. The lowest BCUT2D eigenvalue weighted by atomic mass is 9.94. The molecule has 2 heteroatoms. The summed E-state index contributed by atoms with van der Waals surface area (Å²) in [6, 6.07) is 13.3. The van der Waals surface area contributed by atoms with E-state index >= 15 is 0 Å². The van der Waals surface area contributed by atoms with Gasteiger partial charge in [-0.25, -0.2) is 0 Å². The van der Waals surface area contributed by atoms with Crippen molar-refractivity contribution in [1.29, 1.82) is 0 Å². The van der Waals surface area contributed by atoms with Crippen LogP contribution in [0.4, 0.5) is 0 Å². The highest BCUT2D eigenvalue weighted by molar-refractivity contribution is 5.69. The van der Waals surface area contributed by atoms with E-state index in [-0.39, 0.29) is 5.60 Å². The van der Waals surface area contributed by atoms with Gasteiger partial charge in [-0.1, -0.05) is 24.3 Å². The van der Waals surface area contributed by atoms with Crippen LogP contribution in [-0.2, 0) is 13.0 Å². The zero-order chi connectivity index (χ0) is 15.0. The molecule has 0 amide bonds. The van der Waals surface area contributed by atoms with Gasteiger partial charge in [0.25, 0.3) is 0 Å². The molecule has 21 heavy (non-hydrogen) atoms. The highest BCUT2D eigenvalue weighted by Gasteiger charge is 2.30. The minimum Gasteiger partial charge on any atom is -0.487 e. The van der Waals surface area contributed by atoms with Gasteiger partial charge < -0.3 is 10.1 Å². The van der Waals surface area contributed by atoms with Gasteiger partial charge in [0.2, 0.25) is 0 Å². The third kappa shape index (κ3) is 2.81. The van der Waals surface area contributed by atoms with Gasteiger partial charge in [-0.2, -0.15) is 0 Å². The van der Waals surface area contributed by atoms with E-state index in [1.807, 2.05) is 7.05 Å². The Morgan fingerprint density at radius 2 is 1.95 bits per heavy atom. The molecule has 1 heterocycles. The number of hydrogen-bond donors (Lipinski definition) is 1. The van der Waals surface area contributed by atoms with Gasteiger partial charge in [0.15, 0.2) is 0 Å². The van der Waals surface area contributed by atoms with Crippen molar-refractivity contribution in [2.75, 3.05) is 7.05 Å². The van der Waals surface area contributed by atoms with Crippen molar-refractivity contribution in [1.82, 2.24) is 5.32 Å². The molecule has 2 nitrogen and oxygen atoms in total. The molecule has 1 aliphatic heterocycles. The Morgan fingerprint density at radius 3 is 2.67 bits per heavy atom. The Hall–Kier alpha value is -1.80. The quantitative estimate of drug-likeness (QED) is 0.914. The topological polar surface area (TPSA) is 21.3 Å². The maximum absolute atomic E-state index is 5.96.